The van der Waals surface area contributed by atoms with Crippen LogP contribution in [0.2, 0.25) is 0 Å². The van der Waals surface area contributed by atoms with Crippen LogP contribution in [0.1, 0.15) is 12.0 Å². The van der Waals surface area contributed by atoms with Gasteiger partial charge in [0, 0.05) is 22.5 Å². The molecule has 14 heavy (non-hydrogen) atoms. The molecule has 0 aliphatic carbocycles. The van der Waals surface area contributed by atoms with E-state index in [0.29, 0.717) is 6.61 Å². The molecule has 3 heteroatoms. The number of ether oxygens (including phenoxy) is 1. The third-order valence-electron chi connectivity index (χ3n) is 2.16. The van der Waals surface area contributed by atoms with Gasteiger partial charge < -0.3 is 4.74 Å². The van der Waals surface area contributed by atoms with Crippen LogP contribution in [0.15, 0.2) is 28.7 Å². The normalized spacial score (nSPS) is 17.0. The molecule has 0 N–H and O–H groups in total. The van der Waals surface area contributed by atoms with Crippen LogP contribution in [-0.4, -0.2) is 6.61 Å². The van der Waals surface area contributed by atoms with Crippen molar-refractivity contribution in [3.8, 4) is 11.8 Å². The number of halogens is 1. The number of benzene rings is 1. The smallest absolute Gasteiger partial charge is 0.126 e. The molecular formula is C11H8BrNO. The first-order chi connectivity index (χ1) is 6.81. The summed E-state index contributed by atoms with van der Waals surface area (Å²) >= 11 is 3.40. The Bertz CT molecular complexity index is 431. The Morgan fingerprint density at radius 1 is 1.50 bits per heavy atom. The zero-order valence-electron chi connectivity index (χ0n) is 7.46. The van der Waals surface area contributed by atoms with Gasteiger partial charge in [-0.3, -0.25) is 0 Å². The van der Waals surface area contributed by atoms with Crippen molar-refractivity contribution in [1.29, 1.82) is 5.26 Å². The maximum Gasteiger partial charge on any atom is 0.126 e. The molecule has 0 saturated heterocycles. The molecule has 2 rings (SSSR count). The fourth-order valence-electron chi connectivity index (χ4n) is 1.51. The molecule has 0 spiro atoms. The fraction of sp³-hybridized carbons (Fsp3) is 0.182. The van der Waals surface area contributed by atoms with E-state index in [9.17, 15) is 0 Å². The Balaban J connectivity index is 2.53. The average Bonchev–Trinajstić information content (AvgIpc) is 2.19. The Kier molecular flexibility index (Phi) is 2.55. The van der Waals surface area contributed by atoms with E-state index in [1.54, 1.807) is 6.08 Å². The largest absolute Gasteiger partial charge is 0.493 e. The number of nitrogens with zero attached hydrogens (tertiary/aromatic N) is 1. The van der Waals surface area contributed by atoms with E-state index in [1.165, 1.54) is 0 Å². The zero-order chi connectivity index (χ0) is 9.97. The molecule has 0 unspecified atom stereocenters. The molecule has 0 bridgehead atoms. The lowest BCUT2D eigenvalue weighted by molar-refractivity contribution is 0.316. The number of nitriles is 1. The van der Waals surface area contributed by atoms with E-state index in [2.05, 4.69) is 22.0 Å². The summed E-state index contributed by atoms with van der Waals surface area (Å²) in [6.45, 7) is 0.655. The van der Waals surface area contributed by atoms with Gasteiger partial charge in [-0.15, -0.1) is 0 Å². The standard InChI is InChI=1S/C11H8BrNO/c12-9-1-2-11-10(7-9)8(3-5-13)4-6-14-11/h1-3,7H,4,6H2/b8-3-. The van der Waals surface area contributed by atoms with Gasteiger partial charge in [-0.1, -0.05) is 15.9 Å². The van der Waals surface area contributed by atoms with Gasteiger partial charge >= 0.3 is 0 Å². The highest BCUT2D eigenvalue weighted by Crippen LogP contribution is 2.34. The van der Waals surface area contributed by atoms with Crippen LogP contribution in [0, 0.1) is 11.3 Å². The molecule has 0 amide bonds. The van der Waals surface area contributed by atoms with Crippen LogP contribution in [0.5, 0.6) is 5.75 Å². The predicted octanol–water partition coefficient (Wildman–Crippen LogP) is 3.14. The lowest BCUT2D eigenvalue weighted by Crippen LogP contribution is -2.07. The molecule has 70 valence electrons. The van der Waals surface area contributed by atoms with Crippen molar-refractivity contribution in [1.82, 2.24) is 0 Å². The van der Waals surface area contributed by atoms with Crippen molar-refractivity contribution < 1.29 is 4.74 Å². The highest BCUT2D eigenvalue weighted by Gasteiger charge is 2.14. The second-order valence-corrected chi connectivity index (χ2v) is 3.95. The molecule has 0 atom stereocenters. The van der Waals surface area contributed by atoms with Gasteiger partial charge in [-0.25, -0.2) is 0 Å². The van der Waals surface area contributed by atoms with Crippen LogP contribution in [0.3, 0.4) is 0 Å². The summed E-state index contributed by atoms with van der Waals surface area (Å²) in [6.07, 6.45) is 2.39. The summed E-state index contributed by atoms with van der Waals surface area (Å²) < 4.78 is 6.49. The van der Waals surface area contributed by atoms with Gasteiger partial charge in [0.05, 0.1) is 12.7 Å². The predicted molar refractivity (Wildman–Crippen MR) is 57.8 cm³/mol. The Hall–Kier alpha value is -1.27. The van der Waals surface area contributed by atoms with Gasteiger partial charge in [-0.2, -0.15) is 5.26 Å². The molecule has 1 aromatic rings. The van der Waals surface area contributed by atoms with Crippen LogP contribution in [0.4, 0.5) is 0 Å². The first-order valence-corrected chi connectivity index (χ1v) is 5.12. The monoisotopic (exact) mass is 249 g/mol. The minimum atomic E-state index is 0.655. The van der Waals surface area contributed by atoms with E-state index in [-0.39, 0.29) is 0 Å². The molecule has 0 saturated carbocycles. The quantitative estimate of drug-likeness (QED) is 0.662. The molecule has 1 aliphatic rings. The number of fused-ring (bicyclic) bond motifs is 1. The minimum absolute atomic E-state index is 0.655. The number of rotatable bonds is 0. The van der Waals surface area contributed by atoms with Crippen molar-refractivity contribution in [2.24, 2.45) is 0 Å². The van der Waals surface area contributed by atoms with Crippen molar-refractivity contribution in [3.63, 3.8) is 0 Å². The number of hydrogen-bond acceptors (Lipinski definition) is 2. The Morgan fingerprint density at radius 3 is 3.14 bits per heavy atom. The third-order valence-corrected chi connectivity index (χ3v) is 2.65. The second kappa shape index (κ2) is 3.85. The maximum absolute atomic E-state index is 8.63. The van der Waals surface area contributed by atoms with Gasteiger partial charge in [0.25, 0.3) is 0 Å². The first kappa shape index (κ1) is 9.29. The highest BCUT2D eigenvalue weighted by atomic mass is 79.9. The highest BCUT2D eigenvalue weighted by molar-refractivity contribution is 9.10. The van der Waals surface area contributed by atoms with E-state index in [4.69, 9.17) is 10.00 Å². The molecule has 1 aliphatic heterocycles. The van der Waals surface area contributed by atoms with Gasteiger partial charge in [0.15, 0.2) is 0 Å². The summed E-state index contributed by atoms with van der Waals surface area (Å²) in [5.74, 6) is 0.862. The van der Waals surface area contributed by atoms with Crippen LogP contribution < -0.4 is 4.74 Å². The molecule has 0 radical (unpaired) electrons. The maximum atomic E-state index is 8.63. The van der Waals surface area contributed by atoms with E-state index >= 15 is 0 Å². The summed E-state index contributed by atoms with van der Waals surface area (Å²) in [4.78, 5) is 0. The summed E-state index contributed by atoms with van der Waals surface area (Å²) in [6, 6.07) is 7.91. The topological polar surface area (TPSA) is 33.0 Å². The van der Waals surface area contributed by atoms with E-state index in [1.807, 2.05) is 18.2 Å². The van der Waals surface area contributed by atoms with Crippen molar-refractivity contribution >= 4 is 21.5 Å². The van der Waals surface area contributed by atoms with Crippen LogP contribution in [-0.2, 0) is 0 Å². The van der Waals surface area contributed by atoms with E-state index < -0.39 is 0 Å². The summed E-state index contributed by atoms with van der Waals surface area (Å²) in [7, 11) is 0. The molecule has 1 heterocycles. The summed E-state index contributed by atoms with van der Waals surface area (Å²) in [5, 5.41) is 8.63. The molecule has 2 nitrogen and oxygen atoms in total. The summed E-state index contributed by atoms with van der Waals surface area (Å²) in [5.41, 5.74) is 2.07. The first-order valence-electron chi connectivity index (χ1n) is 4.32. The van der Waals surface area contributed by atoms with Gasteiger partial charge in [0.2, 0.25) is 0 Å². The van der Waals surface area contributed by atoms with Gasteiger partial charge in [0.1, 0.15) is 5.75 Å². The SMILES string of the molecule is N#C/C=C1/CCOc2ccc(Br)cc21. The minimum Gasteiger partial charge on any atom is -0.493 e. The van der Waals surface area contributed by atoms with Crippen LogP contribution in [0.25, 0.3) is 5.57 Å². The Morgan fingerprint density at radius 2 is 2.36 bits per heavy atom. The number of hydrogen-bond donors (Lipinski definition) is 0. The lowest BCUT2D eigenvalue weighted by Gasteiger charge is -2.19. The van der Waals surface area contributed by atoms with Gasteiger partial charge in [-0.05, 0) is 23.8 Å². The number of allylic oxidation sites excluding steroid dienone is 1. The lowest BCUT2D eigenvalue weighted by atomic mass is 10.00. The Labute approximate surface area is 90.9 Å². The van der Waals surface area contributed by atoms with Crippen LogP contribution >= 0.6 is 15.9 Å². The van der Waals surface area contributed by atoms with E-state index in [0.717, 1.165) is 27.8 Å². The van der Waals surface area contributed by atoms with Crippen molar-refractivity contribution in [3.05, 3.63) is 34.3 Å². The molecule has 0 aromatic heterocycles. The molecule has 0 fully saturated rings. The third kappa shape index (κ3) is 1.66. The second-order valence-electron chi connectivity index (χ2n) is 3.04. The zero-order valence-corrected chi connectivity index (χ0v) is 9.04. The average molecular weight is 250 g/mol. The van der Waals surface area contributed by atoms with Crippen molar-refractivity contribution in [2.75, 3.05) is 6.61 Å². The van der Waals surface area contributed by atoms with Crippen molar-refractivity contribution in [2.45, 2.75) is 6.42 Å². The molecular weight excluding hydrogens is 242 g/mol. The fourth-order valence-corrected chi connectivity index (χ4v) is 1.87. The molecule has 1 aromatic carbocycles.